The second kappa shape index (κ2) is 5.34. The molecule has 1 nitrogen and oxygen atoms in total. The highest BCUT2D eigenvalue weighted by Gasteiger charge is 2.04. The minimum Gasteiger partial charge on any atom is -0.354 e. The zero-order valence-electron chi connectivity index (χ0n) is 8.18. The molecule has 1 N–H and O–H groups in total. The third kappa shape index (κ3) is 2.87. The fourth-order valence-corrected chi connectivity index (χ4v) is 2.92. The van der Waals surface area contributed by atoms with Crippen LogP contribution in [0, 0.1) is 0 Å². The first kappa shape index (κ1) is 12.1. The van der Waals surface area contributed by atoms with Crippen molar-refractivity contribution in [3.8, 4) is 0 Å². The summed E-state index contributed by atoms with van der Waals surface area (Å²) in [5, 5.41) is 3.36. The summed E-state index contributed by atoms with van der Waals surface area (Å²) in [5.41, 5.74) is 2.07. The lowest BCUT2D eigenvalue weighted by atomic mass is 10.3. The minimum absolute atomic E-state index is 1.03. The largest absolute Gasteiger partial charge is 0.354 e. The Labute approximate surface area is 120 Å². The van der Waals surface area contributed by atoms with E-state index in [4.69, 9.17) is 0 Å². The summed E-state index contributed by atoms with van der Waals surface area (Å²) in [6.07, 6.45) is 0. The lowest BCUT2D eigenvalue weighted by Crippen LogP contribution is -1.92. The SMILES string of the molecule is Brc1cccc(Nc2c(Br)cccc2Br)c1. The maximum atomic E-state index is 3.52. The van der Waals surface area contributed by atoms with Crippen LogP contribution in [0.15, 0.2) is 55.9 Å². The van der Waals surface area contributed by atoms with E-state index in [-0.39, 0.29) is 0 Å². The normalized spacial score (nSPS) is 10.2. The first-order valence-electron chi connectivity index (χ1n) is 4.63. The van der Waals surface area contributed by atoms with Crippen molar-refractivity contribution in [2.24, 2.45) is 0 Å². The quantitative estimate of drug-likeness (QED) is 0.674. The monoisotopic (exact) mass is 403 g/mol. The molecule has 2 aromatic rings. The number of benzene rings is 2. The van der Waals surface area contributed by atoms with Crippen LogP contribution >= 0.6 is 47.8 Å². The Kier molecular flexibility index (Phi) is 4.05. The molecule has 0 saturated carbocycles. The summed E-state index contributed by atoms with van der Waals surface area (Å²) in [6.45, 7) is 0. The Bertz CT molecular complexity index is 491. The van der Waals surface area contributed by atoms with Gasteiger partial charge in [0.25, 0.3) is 0 Å². The summed E-state index contributed by atoms with van der Waals surface area (Å²) in [6, 6.07) is 14.1. The fraction of sp³-hybridized carbons (Fsp3) is 0. The van der Waals surface area contributed by atoms with Gasteiger partial charge in [0.15, 0.2) is 0 Å². The summed E-state index contributed by atoms with van der Waals surface area (Å²) >= 11 is 10.5. The number of hydrogen-bond donors (Lipinski definition) is 1. The van der Waals surface area contributed by atoms with Crippen LogP contribution in [0.1, 0.15) is 0 Å². The van der Waals surface area contributed by atoms with Crippen molar-refractivity contribution in [2.45, 2.75) is 0 Å². The van der Waals surface area contributed by atoms with E-state index in [2.05, 4.69) is 53.1 Å². The van der Waals surface area contributed by atoms with Gasteiger partial charge in [-0.2, -0.15) is 0 Å². The van der Waals surface area contributed by atoms with Crippen molar-refractivity contribution >= 4 is 59.2 Å². The maximum absolute atomic E-state index is 3.52. The van der Waals surface area contributed by atoms with Crippen molar-refractivity contribution < 1.29 is 0 Å². The van der Waals surface area contributed by atoms with Gasteiger partial charge in [-0.3, -0.25) is 0 Å². The second-order valence-corrected chi connectivity index (χ2v) is 5.86. The summed E-state index contributed by atoms with van der Waals surface area (Å²) < 4.78 is 3.12. The van der Waals surface area contributed by atoms with Gasteiger partial charge in [0.1, 0.15) is 0 Å². The summed E-state index contributed by atoms with van der Waals surface area (Å²) in [4.78, 5) is 0. The molecule has 2 aromatic carbocycles. The number of nitrogens with one attached hydrogen (secondary N) is 1. The molecule has 0 unspecified atom stereocenters. The van der Waals surface area contributed by atoms with Gasteiger partial charge in [-0.05, 0) is 62.2 Å². The van der Waals surface area contributed by atoms with Gasteiger partial charge < -0.3 is 5.32 Å². The number of para-hydroxylation sites is 1. The third-order valence-electron chi connectivity index (χ3n) is 2.06. The van der Waals surface area contributed by atoms with E-state index in [1.807, 2.05) is 42.5 Å². The predicted molar refractivity (Wildman–Crippen MR) is 79.3 cm³/mol. The lowest BCUT2D eigenvalue weighted by Gasteiger charge is -2.10. The van der Waals surface area contributed by atoms with Gasteiger partial charge >= 0.3 is 0 Å². The highest BCUT2D eigenvalue weighted by Crippen LogP contribution is 2.33. The molecule has 0 amide bonds. The molecule has 0 atom stereocenters. The lowest BCUT2D eigenvalue weighted by molar-refractivity contribution is 1.49. The Hall–Kier alpha value is -0.320. The van der Waals surface area contributed by atoms with E-state index in [0.29, 0.717) is 0 Å². The van der Waals surface area contributed by atoms with E-state index < -0.39 is 0 Å². The van der Waals surface area contributed by atoms with E-state index in [0.717, 1.165) is 24.8 Å². The molecule has 0 radical (unpaired) electrons. The van der Waals surface area contributed by atoms with E-state index in [1.165, 1.54) is 0 Å². The number of hydrogen-bond acceptors (Lipinski definition) is 1. The average Bonchev–Trinajstić information content (AvgIpc) is 2.24. The number of anilines is 2. The van der Waals surface area contributed by atoms with Gasteiger partial charge in [0.05, 0.1) is 5.69 Å². The van der Waals surface area contributed by atoms with Gasteiger partial charge in [-0.25, -0.2) is 0 Å². The van der Waals surface area contributed by atoms with Crippen LogP contribution in [0.2, 0.25) is 0 Å². The zero-order valence-corrected chi connectivity index (χ0v) is 12.9. The highest BCUT2D eigenvalue weighted by atomic mass is 79.9. The molecule has 0 aliphatic rings. The van der Waals surface area contributed by atoms with Crippen LogP contribution in [0.25, 0.3) is 0 Å². The van der Waals surface area contributed by atoms with E-state index in [1.54, 1.807) is 0 Å². The number of halogens is 3. The van der Waals surface area contributed by atoms with Crippen LogP contribution in [0.4, 0.5) is 11.4 Å². The topological polar surface area (TPSA) is 12.0 Å². The fourth-order valence-electron chi connectivity index (χ4n) is 1.33. The highest BCUT2D eigenvalue weighted by molar-refractivity contribution is 9.11. The summed E-state index contributed by atoms with van der Waals surface area (Å²) in [7, 11) is 0. The number of rotatable bonds is 2. The minimum atomic E-state index is 1.03. The average molecular weight is 406 g/mol. The van der Waals surface area contributed by atoms with E-state index in [9.17, 15) is 0 Å². The molecule has 0 spiro atoms. The first-order valence-corrected chi connectivity index (χ1v) is 7.01. The Morgan fingerprint density at radius 1 is 0.812 bits per heavy atom. The Morgan fingerprint density at radius 3 is 2.06 bits per heavy atom. The molecule has 0 bridgehead atoms. The predicted octanol–water partition coefficient (Wildman–Crippen LogP) is 5.72. The zero-order chi connectivity index (χ0) is 11.5. The van der Waals surface area contributed by atoms with Crippen LogP contribution in [0.5, 0.6) is 0 Å². The molecule has 0 aliphatic carbocycles. The van der Waals surface area contributed by atoms with Crippen molar-refractivity contribution in [3.63, 3.8) is 0 Å². The molecule has 0 aliphatic heterocycles. The molecule has 0 fully saturated rings. The molecule has 82 valence electrons. The molecule has 0 saturated heterocycles. The van der Waals surface area contributed by atoms with Crippen LogP contribution in [-0.2, 0) is 0 Å². The molecular weight excluding hydrogens is 398 g/mol. The smallest absolute Gasteiger partial charge is 0.0673 e. The van der Waals surface area contributed by atoms with Gasteiger partial charge in [0, 0.05) is 19.1 Å². The van der Waals surface area contributed by atoms with Gasteiger partial charge in [-0.15, -0.1) is 0 Å². The maximum Gasteiger partial charge on any atom is 0.0673 e. The van der Waals surface area contributed by atoms with Crippen molar-refractivity contribution in [2.75, 3.05) is 5.32 Å². The van der Waals surface area contributed by atoms with Crippen LogP contribution < -0.4 is 5.32 Å². The van der Waals surface area contributed by atoms with Crippen LogP contribution in [0.3, 0.4) is 0 Å². The Morgan fingerprint density at radius 2 is 1.44 bits per heavy atom. The van der Waals surface area contributed by atoms with E-state index >= 15 is 0 Å². The molecule has 0 aromatic heterocycles. The standard InChI is InChI=1S/C12H8Br3N/c13-8-3-1-4-9(7-8)16-12-10(14)5-2-6-11(12)15/h1-7,16H. The molecule has 4 heteroatoms. The third-order valence-corrected chi connectivity index (χ3v) is 3.87. The second-order valence-electron chi connectivity index (χ2n) is 3.23. The van der Waals surface area contributed by atoms with Crippen molar-refractivity contribution in [1.29, 1.82) is 0 Å². The Balaban J connectivity index is 2.34. The molecule has 16 heavy (non-hydrogen) atoms. The molecule has 0 heterocycles. The van der Waals surface area contributed by atoms with Gasteiger partial charge in [-0.1, -0.05) is 28.1 Å². The summed E-state index contributed by atoms with van der Waals surface area (Å²) in [5.74, 6) is 0. The van der Waals surface area contributed by atoms with Gasteiger partial charge in [0.2, 0.25) is 0 Å². The molecule has 2 rings (SSSR count). The van der Waals surface area contributed by atoms with Crippen molar-refractivity contribution in [3.05, 3.63) is 55.9 Å². The van der Waals surface area contributed by atoms with Crippen molar-refractivity contribution in [1.82, 2.24) is 0 Å². The van der Waals surface area contributed by atoms with Crippen LogP contribution in [-0.4, -0.2) is 0 Å². The first-order chi connectivity index (χ1) is 7.66. The molecular formula is C12H8Br3N.